The van der Waals surface area contributed by atoms with E-state index >= 15 is 0 Å². The second kappa shape index (κ2) is 6.62. The number of benzene rings is 1. The van der Waals surface area contributed by atoms with Gasteiger partial charge in [0.2, 0.25) is 5.91 Å². The number of amides is 2. The molecule has 1 aromatic carbocycles. The van der Waals surface area contributed by atoms with E-state index < -0.39 is 0 Å². The maximum Gasteiger partial charge on any atom is 0.251 e. The van der Waals surface area contributed by atoms with E-state index in [-0.39, 0.29) is 11.8 Å². The first-order chi connectivity index (χ1) is 11.1. The summed E-state index contributed by atoms with van der Waals surface area (Å²) in [5.41, 5.74) is 2.07. The van der Waals surface area contributed by atoms with Gasteiger partial charge in [-0.2, -0.15) is 0 Å². The lowest BCUT2D eigenvalue weighted by Crippen LogP contribution is -2.25. The highest BCUT2D eigenvalue weighted by molar-refractivity contribution is 7.15. The molecule has 2 aromatic heterocycles. The van der Waals surface area contributed by atoms with Gasteiger partial charge in [-0.3, -0.25) is 14.0 Å². The van der Waals surface area contributed by atoms with Crippen molar-refractivity contribution in [2.24, 2.45) is 0 Å². The first kappa shape index (κ1) is 15.2. The van der Waals surface area contributed by atoms with Crippen LogP contribution in [0.25, 0.3) is 4.96 Å². The Bertz CT molecular complexity index is 824. The van der Waals surface area contributed by atoms with E-state index in [1.165, 1.54) is 6.92 Å². The van der Waals surface area contributed by atoms with Crippen molar-refractivity contribution in [1.29, 1.82) is 0 Å². The molecule has 0 atom stereocenters. The molecule has 118 valence electrons. The minimum absolute atomic E-state index is 0.165. The molecule has 0 fully saturated rings. The van der Waals surface area contributed by atoms with Crippen molar-refractivity contribution in [2.45, 2.75) is 13.3 Å². The first-order valence-corrected chi connectivity index (χ1v) is 8.07. The molecule has 0 aliphatic rings. The fourth-order valence-corrected chi connectivity index (χ4v) is 2.96. The Morgan fingerprint density at radius 1 is 1.35 bits per heavy atom. The molecule has 0 bridgehead atoms. The monoisotopic (exact) mass is 328 g/mol. The van der Waals surface area contributed by atoms with Gasteiger partial charge < -0.3 is 10.6 Å². The zero-order chi connectivity index (χ0) is 16.2. The molecule has 0 spiro atoms. The number of nitrogens with zero attached hydrogens (tertiary/aromatic N) is 2. The summed E-state index contributed by atoms with van der Waals surface area (Å²) in [5.74, 6) is -0.333. The number of thiazole rings is 1. The third-order valence-electron chi connectivity index (χ3n) is 3.25. The molecule has 23 heavy (non-hydrogen) atoms. The highest BCUT2D eigenvalue weighted by Crippen LogP contribution is 2.12. The van der Waals surface area contributed by atoms with Gasteiger partial charge in [-0.1, -0.05) is 6.07 Å². The lowest BCUT2D eigenvalue weighted by Gasteiger charge is -2.06. The van der Waals surface area contributed by atoms with Crippen LogP contribution >= 0.6 is 11.3 Å². The van der Waals surface area contributed by atoms with E-state index in [1.54, 1.807) is 35.6 Å². The second-order valence-electron chi connectivity index (χ2n) is 5.09. The number of aromatic nitrogens is 2. The van der Waals surface area contributed by atoms with Gasteiger partial charge >= 0.3 is 0 Å². The molecule has 6 nitrogen and oxygen atoms in total. The smallest absolute Gasteiger partial charge is 0.251 e. The van der Waals surface area contributed by atoms with Crippen LogP contribution in [-0.2, 0) is 11.2 Å². The zero-order valence-corrected chi connectivity index (χ0v) is 13.4. The van der Waals surface area contributed by atoms with Crippen LogP contribution in [0.15, 0.2) is 42.0 Å². The van der Waals surface area contributed by atoms with Crippen molar-refractivity contribution in [1.82, 2.24) is 14.7 Å². The minimum Gasteiger partial charge on any atom is -0.352 e. The van der Waals surface area contributed by atoms with Crippen molar-refractivity contribution in [2.75, 3.05) is 11.9 Å². The predicted octanol–water partition coefficient (Wildman–Crippen LogP) is 2.33. The standard InChI is InChI=1S/C16H16N4O2S/c1-11(21)18-13-4-2-3-12(9-13)15(22)17-6-5-14-10-20-7-8-23-16(20)19-14/h2-4,7-10H,5-6H2,1H3,(H,17,22)(H,18,21). The Kier molecular flexibility index (Phi) is 4.38. The minimum atomic E-state index is -0.168. The third kappa shape index (κ3) is 3.75. The van der Waals surface area contributed by atoms with Crippen molar-refractivity contribution in [3.63, 3.8) is 0 Å². The Labute approximate surface area is 137 Å². The van der Waals surface area contributed by atoms with Crippen LogP contribution in [0, 0.1) is 0 Å². The molecule has 0 unspecified atom stereocenters. The Balaban J connectivity index is 1.56. The van der Waals surface area contributed by atoms with Crippen molar-refractivity contribution in [3.05, 3.63) is 53.3 Å². The molecule has 2 N–H and O–H groups in total. The molecule has 0 saturated heterocycles. The average Bonchev–Trinajstić information content (AvgIpc) is 3.08. The molecule has 2 amide bonds. The number of fused-ring (bicyclic) bond motifs is 1. The Morgan fingerprint density at radius 3 is 3.00 bits per heavy atom. The third-order valence-corrected chi connectivity index (χ3v) is 4.03. The molecule has 7 heteroatoms. The maximum absolute atomic E-state index is 12.1. The number of hydrogen-bond donors (Lipinski definition) is 2. The van der Waals surface area contributed by atoms with Gasteiger partial charge in [0, 0.05) is 48.9 Å². The Morgan fingerprint density at radius 2 is 2.22 bits per heavy atom. The fourth-order valence-electron chi connectivity index (χ4n) is 2.24. The van der Waals surface area contributed by atoms with E-state index in [9.17, 15) is 9.59 Å². The largest absolute Gasteiger partial charge is 0.352 e. The van der Waals surface area contributed by atoms with Gasteiger partial charge in [0.1, 0.15) is 0 Å². The van der Waals surface area contributed by atoms with Crippen LogP contribution in [0.5, 0.6) is 0 Å². The SMILES string of the molecule is CC(=O)Nc1cccc(C(=O)NCCc2cn3ccsc3n2)c1. The number of nitrogens with one attached hydrogen (secondary N) is 2. The van der Waals surface area contributed by atoms with Crippen molar-refractivity contribution >= 4 is 33.8 Å². The van der Waals surface area contributed by atoms with Gasteiger partial charge in [-0.15, -0.1) is 11.3 Å². The molecular formula is C16H16N4O2S. The fraction of sp³-hybridized carbons (Fsp3) is 0.188. The molecule has 3 aromatic rings. The van der Waals surface area contributed by atoms with E-state index in [0.29, 0.717) is 24.2 Å². The first-order valence-electron chi connectivity index (χ1n) is 7.19. The number of anilines is 1. The summed E-state index contributed by atoms with van der Waals surface area (Å²) in [6.45, 7) is 1.94. The van der Waals surface area contributed by atoms with Crippen LogP contribution in [0.4, 0.5) is 5.69 Å². The summed E-state index contributed by atoms with van der Waals surface area (Å²) in [5, 5.41) is 7.51. The van der Waals surface area contributed by atoms with Gasteiger partial charge in [0.15, 0.2) is 4.96 Å². The average molecular weight is 328 g/mol. The number of rotatable bonds is 5. The van der Waals surface area contributed by atoms with Gasteiger partial charge in [0.05, 0.1) is 5.69 Å². The molecule has 3 rings (SSSR count). The van der Waals surface area contributed by atoms with E-state index in [0.717, 1.165) is 10.7 Å². The van der Waals surface area contributed by atoms with Crippen LogP contribution in [0.3, 0.4) is 0 Å². The number of hydrogen-bond acceptors (Lipinski definition) is 4. The number of carbonyl (C=O) groups excluding carboxylic acids is 2. The number of imidazole rings is 1. The summed E-state index contributed by atoms with van der Waals surface area (Å²) in [7, 11) is 0. The van der Waals surface area contributed by atoms with Gasteiger partial charge in [0.25, 0.3) is 5.91 Å². The summed E-state index contributed by atoms with van der Waals surface area (Å²) >= 11 is 1.58. The molecule has 0 saturated carbocycles. The summed E-state index contributed by atoms with van der Waals surface area (Å²) in [6, 6.07) is 6.86. The van der Waals surface area contributed by atoms with E-state index in [1.807, 2.05) is 22.2 Å². The summed E-state index contributed by atoms with van der Waals surface area (Å²) < 4.78 is 1.97. The van der Waals surface area contributed by atoms with Crippen LogP contribution in [0.2, 0.25) is 0 Å². The highest BCUT2D eigenvalue weighted by atomic mass is 32.1. The molecule has 0 aliphatic carbocycles. The van der Waals surface area contributed by atoms with Crippen LogP contribution in [-0.4, -0.2) is 27.7 Å². The molecule has 0 aliphatic heterocycles. The van der Waals surface area contributed by atoms with Gasteiger partial charge in [-0.25, -0.2) is 4.98 Å². The zero-order valence-electron chi connectivity index (χ0n) is 12.6. The lowest BCUT2D eigenvalue weighted by molar-refractivity contribution is -0.114. The van der Waals surface area contributed by atoms with Crippen LogP contribution < -0.4 is 10.6 Å². The molecule has 2 heterocycles. The maximum atomic E-state index is 12.1. The van der Waals surface area contributed by atoms with Crippen molar-refractivity contribution in [3.8, 4) is 0 Å². The summed E-state index contributed by atoms with van der Waals surface area (Å²) in [6.07, 6.45) is 4.60. The quantitative estimate of drug-likeness (QED) is 0.755. The summed E-state index contributed by atoms with van der Waals surface area (Å²) in [4.78, 5) is 28.6. The lowest BCUT2D eigenvalue weighted by atomic mass is 10.2. The number of carbonyl (C=O) groups is 2. The molecular weight excluding hydrogens is 312 g/mol. The normalized spacial score (nSPS) is 10.7. The predicted molar refractivity (Wildman–Crippen MR) is 89.9 cm³/mol. The van der Waals surface area contributed by atoms with Crippen molar-refractivity contribution < 1.29 is 9.59 Å². The van der Waals surface area contributed by atoms with Crippen LogP contribution in [0.1, 0.15) is 23.0 Å². The highest BCUT2D eigenvalue weighted by Gasteiger charge is 2.07. The van der Waals surface area contributed by atoms with E-state index in [2.05, 4.69) is 15.6 Å². The Hall–Kier alpha value is -2.67. The van der Waals surface area contributed by atoms with E-state index in [4.69, 9.17) is 0 Å². The van der Waals surface area contributed by atoms with Gasteiger partial charge in [-0.05, 0) is 18.2 Å². The topological polar surface area (TPSA) is 75.5 Å². The second-order valence-corrected chi connectivity index (χ2v) is 5.97. The molecule has 0 radical (unpaired) electrons.